The summed E-state index contributed by atoms with van der Waals surface area (Å²) >= 11 is 0. The molecule has 0 saturated heterocycles. The van der Waals surface area contributed by atoms with Gasteiger partial charge in [-0.3, -0.25) is 9.59 Å². The summed E-state index contributed by atoms with van der Waals surface area (Å²) in [5.74, 6) is -0.169. The highest BCUT2D eigenvalue weighted by Crippen LogP contribution is 2.34. The lowest BCUT2D eigenvalue weighted by Gasteiger charge is -2.35. The molecule has 2 unspecified atom stereocenters. The van der Waals surface area contributed by atoms with E-state index in [4.69, 9.17) is 4.79 Å². The number of carbonyl (C=O) groups is 3. The number of benzene rings is 1. The van der Waals surface area contributed by atoms with E-state index < -0.39 is 17.5 Å². The van der Waals surface area contributed by atoms with Gasteiger partial charge in [-0.2, -0.15) is 0 Å². The predicted octanol–water partition coefficient (Wildman–Crippen LogP) is 6.13. The van der Waals surface area contributed by atoms with E-state index in [0.717, 1.165) is 29.3 Å². The number of fused-ring (bicyclic) bond motifs is 1. The van der Waals surface area contributed by atoms with Crippen LogP contribution in [0.5, 0.6) is 0 Å². The van der Waals surface area contributed by atoms with Crippen molar-refractivity contribution in [3.63, 3.8) is 0 Å². The van der Waals surface area contributed by atoms with E-state index in [-0.39, 0.29) is 11.3 Å². The quantitative estimate of drug-likeness (QED) is 0.270. The van der Waals surface area contributed by atoms with E-state index in [1.807, 2.05) is 60.7 Å². The van der Waals surface area contributed by atoms with Gasteiger partial charge < -0.3 is 29.6 Å². The zero-order valence-electron chi connectivity index (χ0n) is 29.3. The summed E-state index contributed by atoms with van der Waals surface area (Å²) in [6.45, 7) is 21.6. The lowest BCUT2D eigenvalue weighted by Crippen LogP contribution is -2.57. The van der Waals surface area contributed by atoms with Crippen molar-refractivity contribution >= 4 is 29.6 Å². The summed E-state index contributed by atoms with van der Waals surface area (Å²) in [5, 5.41) is 7.21. The zero-order chi connectivity index (χ0) is 33.5. The van der Waals surface area contributed by atoms with Crippen molar-refractivity contribution in [2.24, 2.45) is 12.5 Å². The minimum atomic E-state index is -0.533. The second-order valence-electron chi connectivity index (χ2n) is 11.5. The van der Waals surface area contributed by atoms with Crippen LogP contribution in [0.1, 0.15) is 81.2 Å². The van der Waals surface area contributed by atoms with E-state index in [9.17, 15) is 9.59 Å². The molecule has 8 nitrogen and oxygen atoms in total. The van der Waals surface area contributed by atoms with Gasteiger partial charge in [-0.1, -0.05) is 99.1 Å². The van der Waals surface area contributed by atoms with Gasteiger partial charge in [-0.25, -0.2) is 0 Å². The first kappa shape index (κ1) is 43.5. The molecule has 242 valence electrons. The Morgan fingerprint density at radius 2 is 1.57 bits per heavy atom. The number of carbonyl (C=O) groups excluding carboxylic acids is 3. The van der Waals surface area contributed by atoms with Crippen LogP contribution in [0.15, 0.2) is 42.6 Å². The highest BCUT2D eigenvalue weighted by Gasteiger charge is 2.39. The Bertz CT molecular complexity index is 1020. The molecule has 0 saturated carbocycles. The number of aldehydes is 1. The molecule has 1 aromatic carbocycles. The molecule has 0 spiro atoms. The summed E-state index contributed by atoms with van der Waals surface area (Å²) in [7, 11) is 9.22. The Kier molecular flexibility index (Phi) is 24.4. The second-order valence-corrected chi connectivity index (χ2v) is 11.5. The molecule has 0 aliphatic heterocycles. The number of methoxy groups -OCH3 is 1. The maximum atomic E-state index is 13.0. The van der Waals surface area contributed by atoms with Crippen LogP contribution in [0.3, 0.4) is 0 Å². The van der Waals surface area contributed by atoms with Crippen LogP contribution in [0, 0.1) is 5.41 Å². The Morgan fingerprint density at radius 3 is 1.93 bits per heavy atom. The molecule has 0 radical (unpaired) electrons. The minimum absolute atomic E-state index is 0.169. The van der Waals surface area contributed by atoms with Crippen molar-refractivity contribution in [1.29, 1.82) is 0 Å². The number of allylic oxidation sites excluding steroid dienone is 1. The predicted molar refractivity (Wildman–Crippen MR) is 180 cm³/mol. The van der Waals surface area contributed by atoms with Crippen molar-refractivity contribution in [2.45, 2.75) is 93.2 Å². The number of aryl methyl sites for hydroxylation is 1. The summed E-state index contributed by atoms with van der Waals surface area (Å²) < 4.78 is 5.94. The SMILES string of the molecule is C/C=C\CN(C)C.CC.CCC.CNC(C(=O)NC(C=O)C(C)(C)C)C(C)(C)c1cn(C)c2ccccc12.COC=O. The van der Waals surface area contributed by atoms with Gasteiger partial charge in [0.1, 0.15) is 6.29 Å². The van der Waals surface area contributed by atoms with E-state index in [1.54, 1.807) is 7.05 Å². The van der Waals surface area contributed by atoms with E-state index in [2.05, 4.69) is 97.1 Å². The van der Waals surface area contributed by atoms with Gasteiger partial charge in [0, 0.05) is 36.1 Å². The number of aromatic nitrogens is 1. The molecule has 0 aliphatic rings. The summed E-state index contributed by atoms with van der Waals surface area (Å²) in [5.41, 5.74) is 1.43. The lowest BCUT2D eigenvalue weighted by atomic mass is 9.76. The normalized spacial score (nSPS) is 12.2. The number of hydrogen-bond donors (Lipinski definition) is 2. The van der Waals surface area contributed by atoms with Gasteiger partial charge in [0.15, 0.2) is 0 Å². The third-order valence-corrected chi connectivity index (χ3v) is 6.03. The molecule has 2 aromatic rings. The first-order valence-electron chi connectivity index (χ1n) is 14.8. The van der Waals surface area contributed by atoms with E-state index in [0.29, 0.717) is 6.47 Å². The van der Waals surface area contributed by atoms with Crippen LogP contribution in [0.2, 0.25) is 0 Å². The number of amides is 1. The zero-order valence-corrected chi connectivity index (χ0v) is 29.3. The first-order chi connectivity index (χ1) is 19.6. The third kappa shape index (κ3) is 15.9. The molecular formula is C34H62N4O4. The van der Waals surface area contributed by atoms with Crippen LogP contribution < -0.4 is 10.6 Å². The Hall–Kier alpha value is -2.97. The van der Waals surface area contributed by atoms with Crippen LogP contribution in [0.25, 0.3) is 10.9 Å². The topological polar surface area (TPSA) is 92.7 Å². The standard InChI is InChI=1S/C21H31N3O2.C6H13N.C3H8.C2H4O2.C2H6/c1-20(2,3)17(13-25)23-19(26)18(22-6)21(4,5)15-12-24(7)16-11-9-8-10-14(15)16;1-4-5-6-7(2)3;1-3-2;1-4-2-3;1-2/h8-13,17-18,22H,1-7H3,(H,23,26);4-5H,6H2,1-3H3;3H2,1-2H3;2H,1H3;1-2H3/b;5-4-;;;. The van der Waals surface area contributed by atoms with Crippen molar-refractivity contribution in [3.8, 4) is 0 Å². The summed E-state index contributed by atoms with van der Waals surface area (Å²) in [6, 6.07) is 7.18. The Labute approximate surface area is 257 Å². The van der Waals surface area contributed by atoms with Gasteiger partial charge >= 0.3 is 0 Å². The highest BCUT2D eigenvalue weighted by atomic mass is 16.5. The first-order valence-corrected chi connectivity index (χ1v) is 14.8. The number of ether oxygens (including phenoxy) is 1. The van der Waals surface area contributed by atoms with Gasteiger partial charge in [-0.15, -0.1) is 0 Å². The largest absolute Gasteiger partial charge is 0.471 e. The molecular weight excluding hydrogens is 528 g/mol. The van der Waals surface area contributed by atoms with Crippen LogP contribution in [0.4, 0.5) is 0 Å². The maximum absolute atomic E-state index is 13.0. The monoisotopic (exact) mass is 590 g/mol. The molecule has 8 heteroatoms. The molecule has 1 aromatic heterocycles. The minimum Gasteiger partial charge on any atom is -0.471 e. The third-order valence-electron chi connectivity index (χ3n) is 6.03. The number of rotatable bonds is 9. The van der Waals surface area contributed by atoms with Gasteiger partial charge in [0.05, 0.1) is 19.2 Å². The molecule has 0 fully saturated rings. The number of para-hydroxylation sites is 1. The van der Waals surface area contributed by atoms with Crippen LogP contribution in [-0.2, 0) is 31.6 Å². The van der Waals surface area contributed by atoms with Crippen molar-refractivity contribution in [1.82, 2.24) is 20.1 Å². The molecule has 1 heterocycles. The lowest BCUT2D eigenvalue weighted by molar-refractivity contribution is -0.128. The molecule has 0 aliphatic carbocycles. The molecule has 2 atom stereocenters. The molecule has 42 heavy (non-hydrogen) atoms. The van der Waals surface area contributed by atoms with Gasteiger partial charge in [-0.05, 0) is 45.1 Å². The van der Waals surface area contributed by atoms with Crippen LogP contribution >= 0.6 is 0 Å². The van der Waals surface area contributed by atoms with E-state index in [1.165, 1.54) is 13.5 Å². The number of nitrogens with zero attached hydrogens (tertiary/aromatic N) is 2. The van der Waals surface area contributed by atoms with Crippen LogP contribution in [-0.4, -0.2) is 75.0 Å². The number of likely N-dealkylation sites (N-methyl/N-ethyl adjacent to an activating group) is 2. The molecule has 2 rings (SSSR count). The van der Waals surface area contributed by atoms with Crippen molar-refractivity contribution < 1.29 is 19.1 Å². The second kappa shape index (κ2) is 23.6. The number of nitrogens with one attached hydrogen (secondary N) is 2. The maximum Gasteiger partial charge on any atom is 0.292 e. The highest BCUT2D eigenvalue weighted by molar-refractivity contribution is 5.90. The van der Waals surface area contributed by atoms with Gasteiger partial charge in [0.2, 0.25) is 5.91 Å². The average molecular weight is 591 g/mol. The fourth-order valence-corrected chi connectivity index (χ4v) is 3.84. The van der Waals surface area contributed by atoms with Gasteiger partial charge in [0.25, 0.3) is 6.47 Å². The molecule has 1 amide bonds. The fourth-order valence-electron chi connectivity index (χ4n) is 3.84. The van der Waals surface area contributed by atoms with Crippen molar-refractivity contribution in [2.75, 3.05) is 34.8 Å². The summed E-state index contributed by atoms with van der Waals surface area (Å²) in [4.78, 5) is 35.5. The molecule has 2 N–H and O–H groups in total. The fraction of sp³-hybridized carbons (Fsp3) is 0.618. The Balaban J connectivity index is -0.000000786. The summed E-state index contributed by atoms with van der Waals surface area (Å²) in [6.07, 6.45) is 8.33. The Morgan fingerprint density at radius 1 is 1.07 bits per heavy atom. The average Bonchev–Trinajstić information content (AvgIpc) is 3.29. The number of hydrogen-bond acceptors (Lipinski definition) is 6. The smallest absolute Gasteiger partial charge is 0.292 e. The molecule has 0 bridgehead atoms. The van der Waals surface area contributed by atoms with Crippen molar-refractivity contribution in [3.05, 3.63) is 48.2 Å². The van der Waals surface area contributed by atoms with E-state index >= 15 is 0 Å².